The number of nitrogens with zero attached hydrogens (tertiary/aromatic N) is 4. The van der Waals surface area contributed by atoms with E-state index in [-0.39, 0.29) is 0 Å². The van der Waals surface area contributed by atoms with Crippen LogP contribution in [0.15, 0.2) is 12.7 Å². The van der Waals surface area contributed by atoms with Gasteiger partial charge in [0.2, 0.25) is 0 Å². The Morgan fingerprint density at radius 3 is 2.90 bits per heavy atom. The van der Waals surface area contributed by atoms with E-state index in [0.717, 1.165) is 0 Å². The molecule has 4 atom stereocenters. The largest absolute Gasteiger partial charge is 0.394 e. The van der Waals surface area contributed by atoms with E-state index in [0.29, 0.717) is 17.0 Å². The number of ether oxygens (including phenoxy) is 1. The number of imidazole rings is 1. The molecule has 1 aliphatic rings. The third-order valence-electron chi connectivity index (χ3n) is 3.34. The Kier molecular flexibility index (Phi) is 3.24. The first-order chi connectivity index (χ1) is 9.67. The van der Waals surface area contributed by atoms with Crippen molar-refractivity contribution < 1.29 is 19.3 Å². The van der Waals surface area contributed by atoms with E-state index in [1.807, 2.05) is 0 Å². The Morgan fingerprint density at radius 1 is 1.45 bits per heavy atom. The number of aromatic nitrogens is 4. The highest BCUT2D eigenvalue weighted by molar-refractivity contribution is 5.82. The van der Waals surface area contributed by atoms with E-state index >= 15 is 0 Å². The van der Waals surface area contributed by atoms with Gasteiger partial charge in [-0.05, 0) is 0 Å². The standard InChI is InChI=1S/C11H14FN5O3/c1-13-9-7-10(15-3-14-9)17(4-16-7)11-6(12)8(19)5(2-18)20-11/h3-6,8,11,18-19H,2H2,1H3,(H,13,14,15). The number of aliphatic hydroxyl groups is 2. The van der Waals surface area contributed by atoms with Crippen LogP contribution in [0.25, 0.3) is 11.2 Å². The van der Waals surface area contributed by atoms with E-state index in [1.165, 1.54) is 17.2 Å². The quantitative estimate of drug-likeness (QED) is 0.694. The summed E-state index contributed by atoms with van der Waals surface area (Å²) in [5.41, 5.74) is 0.871. The van der Waals surface area contributed by atoms with Crippen LogP contribution in [0.3, 0.4) is 0 Å². The fourth-order valence-electron chi connectivity index (χ4n) is 2.30. The molecule has 108 valence electrons. The van der Waals surface area contributed by atoms with Crippen molar-refractivity contribution in [3.05, 3.63) is 12.7 Å². The van der Waals surface area contributed by atoms with Crippen LogP contribution in [-0.2, 0) is 4.74 Å². The summed E-state index contributed by atoms with van der Waals surface area (Å²) < 4.78 is 20.8. The lowest BCUT2D eigenvalue weighted by molar-refractivity contribution is -0.0459. The first-order valence-electron chi connectivity index (χ1n) is 6.11. The molecule has 0 amide bonds. The van der Waals surface area contributed by atoms with E-state index in [2.05, 4.69) is 20.3 Å². The maximum absolute atomic E-state index is 14.1. The van der Waals surface area contributed by atoms with Gasteiger partial charge in [0.15, 0.2) is 23.9 Å². The minimum absolute atomic E-state index is 0.391. The molecule has 0 aliphatic carbocycles. The molecular formula is C11H14FN5O3. The monoisotopic (exact) mass is 283 g/mol. The van der Waals surface area contributed by atoms with Gasteiger partial charge in [-0.3, -0.25) is 4.57 Å². The zero-order valence-corrected chi connectivity index (χ0v) is 10.6. The van der Waals surface area contributed by atoms with Crippen molar-refractivity contribution in [3.8, 4) is 0 Å². The highest BCUT2D eigenvalue weighted by atomic mass is 19.1. The second-order valence-electron chi connectivity index (χ2n) is 4.48. The molecule has 3 N–H and O–H groups in total. The number of nitrogens with one attached hydrogen (secondary N) is 1. The van der Waals surface area contributed by atoms with Crippen LogP contribution in [0.2, 0.25) is 0 Å². The van der Waals surface area contributed by atoms with Gasteiger partial charge in [-0.25, -0.2) is 19.3 Å². The molecule has 0 spiro atoms. The van der Waals surface area contributed by atoms with Crippen LogP contribution in [0.4, 0.5) is 10.2 Å². The third kappa shape index (κ3) is 1.82. The first kappa shape index (κ1) is 13.2. The van der Waals surface area contributed by atoms with Gasteiger partial charge in [0.05, 0.1) is 12.9 Å². The zero-order valence-electron chi connectivity index (χ0n) is 10.6. The van der Waals surface area contributed by atoms with E-state index in [1.54, 1.807) is 7.05 Å². The Hall–Kier alpha value is -1.84. The summed E-state index contributed by atoms with van der Waals surface area (Å²) in [6, 6.07) is 0. The predicted octanol–water partition coefficient (Wildman–Crippen LogP) is -0.543. The number of fused-ring (bicyclic) bond motifs is 1. The molecule has 0 saturated carbocycles. The molecule has 1 aliphatic heterocycles. The Bertz CT molecular complexity index is 621. The number of aliphatic hydroxyl groups excluding tert-OH is 2. The highest BCUT2D eigenvalue weighted by Crippen LogP contribution is 2.33. The van der Waals surface area contributed by atoms with E-state index < -0.39 is 31.2 Å². The molecule has 2 aromatic rings. The molecule has 0 aromatic carbocycles. The second kappa shape index (κ2) is 4.93. The third-order valence-corrected chi connectivity index (χ3v) is 3.34. The van der Waals surface area contributed by atoms with Gasteiger partial charge in [0, 0.05) is 7.05 Å². The van der Waals surface area contributed by atoms with Crippen molar-refractivity contribution in [2.45, 2.75) is 24.6 Å². The van der Waals surface area contributed by atoms with Gasteiger partial charge >= 0.3 is 0 Å². The van der Waals surface area contributed by atoms with Gasteiger partial charge in [0.25, 0.3) is 0 Å². The van der Waals surface area contributed by atoms with E-state index in [4.69, 9.17) is 9.84 Å². The average molecular weight is 283 g/mol. The molecule has 20 heavy (non-hydrogen) atoms. The van der Waals surface area contributed by atoms with Gasteiger partial charge < -0.3 is 20.3 Å². The van der Waals surface area contributed by atoms with Gasteiger partial charge in [-0.15, -0.1) is 0 Å². The maximum atomic E-state index is 14.1. The second-order valence-corrected chi connectivity index (χ2v) is 4.48. The van der Waals surface area contributed by atoms with Crippen molar-refractivity contribution in [1.82, 2.24) is 19.5 Å². The molecule has 3 heterocycles. The summed E-state index contributed by atoms with van der Waals surface area (Å²) >= 11 is 0. The minimum Gasteiger partial charge on any atom is -0.394 e. The van der Waals surface area contributed by atoms with Gasteiger partial charge in [0.1, 0.15) is 24.1 Å². The van der Waals surface area contributed by atoms with Gasteiger partial charge in [-0.1, -0.05) is 0 Å². The number of alkyl halides is 1. The van der Waals surface area contributed by atoms with Crippen LogP contribution < -0.4 is 5.32 Å². The molecule has 0 radical (unpaired) electrons. The summed E-state index contributed by atoms with van der Waals surface area (Å²) in [5, 5.41) is 21.6. The maximum Gasteiger partial charge on any atom is 0.173 e. The number of hydrogen-bond acceptors (Lipinski definition) is 7. The summed E-state index contributed by atoms with van der Waals surface area (Å²) in [5.74, 6) is 0.515. The van der Waals surface area contributed by atoms with Crippen molar-refractivity contribution in [2.75, 3.05) is 19.0 Å². The summed E-state index contributed by atoms with van der Waals surface area (Å²) in [6.07, 6.45) is -2.38. The molecule has 4 unspecified atom stereocenters. The molecule has 2 aromatic heterocycles. The summed E-state index contributed by atoms with van der Waals surface area (Å²) in [7, 11) is 1.69. The Morgan fingerprint density at radius 2 is 2.25 bits per heavy atom. The highest BCUT2D eigenvalue weighted by Gasteiger charge is 2.45. The lowest BCUT2D eigenvalue weighted by atomic mass is 10.1. The molecule has 0 bridgehead atoms. The average Bonchev–Trinajstić information content (AvgIpc) is 3.01. The minimum atomic E-state index is -1.67. The van der Waals surface area contributed by atoms with Crippen molar-refractivity contribution in [2.24, 2.45) is 0 Å². The van der Waals surface area contributed by atoms with Crippen molar-refractivity contribution in [3.63, 3.8) is 0 Å². The SMILES string of the molecule is CNc1ncnc2c1ncn2C1OC(CO)C(O)C1F. The number of hydrogen-bond donors (Lipinski definition) is 3. The normalized spacial score (nSPS) is 30.0. The lowest BCUT2D eigenvalue weighted by Crippen LogP contribution is -2.30. The summed E-state index contributed by atoms with van der Waals surface area (Å²) in [6.45, 7) is -0.457. The predicted molar refractivity (Wildman–Crippen MR) is 66.8 cm³/mol. The van der Waals surface area contributed by atoms with E-state index in [9.17, 15) is 9.50 Å². The van der Waals surface area contributed by atoms with Crippen LogP contribution in [-0.4, -0.2) is 61.8 Å². The number of rotatable bonds is 3. The molecule has 1 saturated heterocycles. The van der Waals surface area contributed by atoms with Crippen LogP contribution in [0.5, 0.6) is 0 Å². The van der Waals surface area contributed by atoms with Crippen LogP contribution in [0, 0.1) is 0 Å². The lowest BCUT2D eigenvalue weighted by Gasteiger charge is -2.14. The number of anilines is 1. The first-order valence-corrected chi connectivity index (χ1v) is 6.11. The molecule has 9 heteroatoms. The fourth-order valence-corrected chi connectivity index (χ4v) is 2.30. The smallest absolute Gasteiger partial charge is 0.173 e. The topological polar surface area (TPSA) is 105 Å². The van der Waals surface area contributed by atoms with Gasteiger partial charge in [-0.2, -0.15) is 0 Å². The molecule has 1 fully saturated rings. The molecule has 8 nitrogen and oxygen atoms in total. The zero-order chi connectivity index (χ0) is 14.3. The van der Waals surface area contributed by atoms with Crippen molar-refractivity contribution >= 4 is 17.0 Å². The number of halogens is 1. The van der Waals surface area contributed by atoms with Crippen LogP contribution in [0.1, 0.15) is 6.23 Å². The Labute approximate surface area is 113 Å². The van der Waals surface area contributed by atoms with Crippen molar-refractivity contribution in [1.29, 1.82) is 0 Å². The molecule has 3 rings (SSSR count). The fraction of sp³-hybridized carbons (Fsp3) is 0.545. The van der Waals surface area contributed by atoms with Crippen LogP contribution >= 0.6 is 0 Å². The Balaban J connectivity index is 2.03. The molecular weight excluding hydrogens is 269 g/mol. The summed E-state index contributed by atoms with van der Waals surface area (Å²) in [4.78, 5) is 12.2.